The molecule has 0 radical (unpaired) electrons. The van der Waals surface area contributed by atoms with Gasteiger partial charge in [0.25, 0.3) is 0 Å². The normalized spacial score (nSPS) is 22.6. The maximum Gasteiger partial charge on any atom is 0.248 e. The van der Waals surface area contributed by atoms with Gasteiger partial charge in [-0.15, -0.1) is 0 Å². The SMILES string of the molecule is Cc1nc(NCc2cnn(CC3CCCC(F)(F)C3)c2)cc2c1NC(=O)[C@H](C(C)C)N2C. The lowest BCUT2D eigenvalue weighted by Gasteiger charge is -2.38. The summed E-state index contributed by atoms with van der Waals surface area (Å²) in [5.74, 6) is -1.70. The standard InChI is InChI=1S/C23H32F2N6O/c1-14(2)21-22(32)29-20-15(3)28-19(8-18(20)30(21)4)26-10-17-11-27-31(13-17)12-16-6-5-7-23(24,25)9-16/h8,11,13-14,16,21H,5-7,9-10,12H2,1-4H3,(H,26,28)(H,29,32)/t16?,21-/m0/s1. The molecule has 4 rings (SSSR count). The molecule has 32 heavy (non-hydrogen) atoms. The smallest absolute Gasteiger partial charge is 0.248 e. The third kappa shape index (κ3) is 4.71. The van der Waals surface area contributed by atoms with Crippen LogP contribution in [0.15, 0.2) is 18.5 Å². The van der Waals surface area contributed by atoms with Crippen LogP contribution in [0.4, 0.5) is 26.0 Å². The molecule has 1 unspecified atom stereocenters. The van der Waals surface area contributed by atoms with Crippen LogP contribution in [-0.2, 0) is 17.9 Å². The van der Waals surface area contributed by atoms with Crippen LogP contribution < -0.4 is 15.5 Å². The Morgan fingerprint density at radius 2 is 2.16 bits per heavy atom. The highest BCUT2D eigenvalue weighted by atomic mass is 19.3. The van der Waals surface area contributed by atoms with Gasteiger partial charge in [-0.3, -0.25) is 9.48 Å². The van der Waals surface area contributed by atoms with Crippen molar-refractivity contribution in [1.82, 2.24) is 14.8 Å². The second-order valence-electron chi connectivity index (χ2n) is 9.52. The van der Waals surface area contributed by atoms with E-state index in [-0.39, 0.29) is 36.6 Å². The topological polar surface area (TPSA) is 75.1 Å². The molecule has 1 aliphatic carbocycles. The first-order chi connectivity index (χ1) is 15.1. The highest BCUT2D eigenvalue weighted by Gasteiger charge is 2.36. The van der Waals surface area contributed by atoms with E-state index in [1.807, 2.05) is 45.0 Å². The molecule has 174 valence electrons. The van der Waals surface area contributed by atoms with E-state index >= 15 is 0 Å². The molecule has 2 atom stereocenters. The molecule has 7 nitrogen and oxygen atoms in total. The molecule has 1 amide bonds. The highest BCUT2D eigenvalue weighted by Crippen LogP contribution is 2.38. The number of aromatic nitrogens is 3. The van der Waals surface area contributed by atoms with Crippen molar-refractivity contribution in [2.24, 2.45) is 11.8 Å². The van der Waals surface area contributed by atoms with Crippen LogP contribution in [0.25, 0.3) is 0 Å². The Bertz CT molecular complexity index is 989. The van der Waals surface area contributed by atoms with Gasteiger partial charge in [0.1, 0.15) is 11.9 Å². The van der Waals surface area contributed by atoms with Crippen molar-refractivity contribution in [1.29, 1.82) is 0 Å². The van der Waals surface area contributed by atoms with Crippen LogP contribution in [0.5, 0.6) is 0 Å². The van der Waals surface area contributed by atoms with Crippen molar-refractivity contribution >= 4 is 23.1 Å². The maximum atomic E-state index is 13.7. The number of hydrogen-bond acceptors (Lipinski definition) is 5. The molecule has 2 aliphatic rings. The number of nitrogens with one attached hydrogen (secondary N) is 2. The first-order valence-corrected chi connectivity index (χ1v) is 11.3. The Labute approximate surface area is 187 Å². The molecule has 2 N–H and O–H groups in total. The van der Waals surface area contributed by atoms with Gasteiger partial charge in [0, 0.05) is 50.8 Å². The monoisotopic (exact) mass is 446 g/mol. The van der Waals surface area contributed by atoms with Crippen molar-refractivity contribution in [3.05, 3.63) is 29.7 Å². The molecule has 0 spiro atoms. The first kappa shape index (κ1) is 22.5. The van der Waals surface area contributed by atoms with E-state index in [1.54, 1.807) is 10.9 Å². The van der Waals surface area contributed by atoms with Crippen LogP contribution in [-0.4, -0.2) is 39.7 Å². The fourth-order valence-electron chi connectivity index (χ4n) is 4.94. The summed E-state index contributed by atoms with van der Waals surface area (Å²) in [6, 6.07) is 1.72. The van der Waals surface area contributed by atoms with E-state index in [1.165, 1.54) is 0 Å². The van der Waals surface area contributed by atoms with Gasteiger partial charge in [0.05, 0.1) is 23.3 Å². The Morgan fingerprint density at radius 1 is 1.38 bits per heavy atom. The minimum absolute atomic E-state index is 0.00174. The number of likely N-dealkylation sites (N-methyl/N-ethyl adjacent to an activating group) is 1. The number of pyridine rings is 1. The van der Waals surface area contributed by atoms with Crippen molar-refractivity contribution in [3.8, 4) is 0 Å². The molecule has 0 saturated heterocycles. The fraction of sp³-hybridized carbons (Fsp3) is 0.609. The number of rotatable bonds is 6. The van der Waals surface area contributed by atoms with Gasteiger partial charge in [-0.05, 0) is 31.6 Å². The minimum Gasteiger partial charge on any atom is -0.366 e. The van der Waals surface area contributed by atoms with Gasteiger partial charge in [0.2, 0.25) is 11.8 Å². The number of amides is 1. The molecule has 0 bridgehead atoms. The number of aryl methyl sites for hydroxylation is 1. The second-order valence-corrected chi connectivity index (χ2v) is 9.52. The van der Waals surface area contributed by atoms with E-state index in [4.69, 9.17) is 0 Å². The summed E-state index contributed by atoms with van der Waals surface area (Å²) in [7, 11) is 1.93. The number of nitrogens with zero attached hydrogens (tertiary/aromatic N) is 4. The van der Waals surface area contributed by atoms with E-state index in [0.29, 0.717) is 25.3 Å². The Hall–Kier alpha value is -2.71. The van der Waals surface area contributed by atoms with Gasteiger partial charge < -0.3 is 15.5 Å². The fourth-order valence-corrected chi connectivity index (χ4v) is 4.94. The Balaban J connectivity index is 1.42. The van der Waals surface area contributed by atoms with Gasteiger partial charge in [-0.2, -0.15) is 5.10 Å². The number of alkyl halides is 2. The maximum absolute atomic E-state index is 13.7. The molecule has 3 heterocycles. The molecular formula is C23H32F2N6O. The molecule has 1 fully saturated rings. The van der Waals surface area contributed by atoms with Crippen LogP contribution in [0.3, 0.4) is 0 Å². The number of fused-ring (bicyclic) bond motifs is 1. The summed E-state index contributed by atoms with van der Waals surface area (Å²) in [4.78, 5) is 19.1. The van der Waals surface area contributed by atoms with Crippen LogP contribution in [0.2, 0.25) is 0 Å². The van der Waals surface area contributed by atoms with E-state index < -0.39 is 5.92 Å². The summed E-state index contributed by atoms with van der Waals surface area (Å²) in [6.07, 6.45) is 5.01. The van der Waals surface area contributed by atoms with Crippen LogP contribution >= 0.6 is 0 Å². The predicted molar refractivity (Wildman–Crippen MR) is 121 cm³/mol. The minimum atomic E-state index is -2.54. The average Bonchev–Trinajstić information content (AvgIpc) is 3.13. The molecule has 2 aromatic rings. The van der Waals surface area contributed by atoms with Crippen LogP contribution in [0.1, 0.15) is 50.8 Å². The zero-order chi connectivity index (χ0) is 23.0. The molecule has 2 aromatic heterocycles. The predicted octanol–water partition coefficient (Wildman–Crippen LogP) is 4.44. The average molecular weight is 447 g/mol. The van der Waals surface area contributed by atoms with Gasteiger partial charge in [-0.25, -0.2) is 13.8 Å². The number of hydrogen-bond donors (Lipinski definition) is 2. The number of carbonyl (C=O) groups is 1. The third-order valence-electron chi connectivity index (χ3n) is 6.47. The quantitative estimate of drug-likeness (QED) is 0.686. The van der Waals surface area contributed by atoms with Crippen molar-refractivity contribution in [3.63, 3.8) is 0 Å². The van der Waals surface area contributed by atoms with Gasteiger partial charge in [-0.1, -0.05) is 13.8 Å². The van der Waals surface area contributed by atoms with Crippen LogP contribution in [0, 0.1) is 18.8 Å². The third-order valence-corrected chi connectivity index (χ3v) is 6.47. The zero-order valence-electron chi connectivity index (χ0n) is 19.2. The highest BCUT2D eigenvalue weighted by molar-refractivity contribution is 6.04. The number of anilines is 3. The summed E-state index contributed by atoms with van der Waals surface area (Å²) >= 11 is 0. The van der Waals surface area contributed by atoms with Crippen molar-refractivity contribution < 1.29 is 13.6 Å². The van der Waals surface area contributed by atoms with Gasteiger partial charge in [0.15, 0.2) is 0 Å². The number of carbonyl (C=O) groups excluding carboxylic acids is 1. The molecular weight excluding hydrogens is 414 g/mol. The zero-order valence-corrected chi connectivity index (χ0v) is 19.2. The molecule has 0 aromatic carbocycles. The summed E-state index contributed by atoms with van der Waals surface area (Å²) < 4.78 is 29.1. The first-order valence-electron chi connectivity index (χ1n) is 11.3. The van der Waals surface area contributed by atoms with Gasteiger partial charge >= 0.3 is 0 Å². The lowest BCUT2D eigenvalue weighted by Crippen LogP contribution is -2.49. The van der Waals surface area contributed by atoms with E-state index in [0.717, 1.165) is 29.1 Å². The largest absolute Gasteiger partial charge is 0.366 e. The Kier molecular flexibility index (Phi) is 6.09. The molecule has 9 heteroatoms. The number of halogens is 2. The van der Waals surface area contributed by atoms with E-state index in [2.05, 4.69) is 20.7 Å². The second kappa shape index (κ2) is 8.67. The molecule has 1 saturated carbocycles. The molecule has 1 aliphatic heterocycles. The van der Waals surface area contributed by atoms with E-state index in [9.17, 15) is 13.6 Å². The van der Waals surface area contributed by atoms with Crippen molar-refractivity contribution in [2.75, 3.05) is 22.6 Å². The van der Waals surface area contributed by atoms with Crippen molar-refractivity contribution in [2.45, 2.75) is 71.5 Å². The lowest BCUT2D eigenvalue weighted by molar-refractivity contribution is -0.118. The summed E-state index contributed by atoms with van der Waals surface area (Å²) in [6.45, 7) is 6.99. The summed E-state index contributed by atoms with van der Waals surface area (Å²) in [5, 5.41) is 10.7. The summed E-state index contributed by atoms with van der Waals surface area (Å²) in [5.41, 5.74) is 3.40. The Morgan fingerprint density at radius 3 is 2.88 bits per heavy atom. The lowest BCUT2D eigenvalue weighted by atomic mass is 9.86.